The summed E-state index contributed by atoms with van der Waals surface area (Å²) in [5.74, 6) is 6.28. The van der Waals surface area contributed by atoms with Crippen molar-refractivity contribution in [1.29, 1.82) is 5.26 Å². The van der Waals surface area contributed by atoms with Crippen LogP contribution in [0.1, 0.15) is 101 Å². The van der Waals surface area contributed by atoms with Crippen LogP contribution < -0.4 is 0 Å². The lowest BCUT2D eigenvalue weighted by atomic mass is 9.43. The van der Waals surface area contributed by atoms with Gasteiger partial charge in [0.05, 0.1) is 18.2 Å². The van der Waals surface area contributed by atoms with Crippen LogP contribution in [0.15, 0.2) is 206 Å². The number of hydrogen-bond acceptors (Lipinski definition) is 10. The Morgan fingerprint density at radius 2 is 0.905 bits per heavy atom. The number of nitrogens with zero attached hydrogens (tertiary/aromatic N) is 10. The number of aromatic nitrogens is 8. The Labute approximate surface area is 557 Å². The summed E-state index contributed by atoms with van der Waals surface area (Å²) >= 11 is 1.85. The fraction of sp³-hybridized carbons (Fsp3) is 0.214. The van der Waals surface area contributed by atoms with E-state index in [1.54, 1.807) is 12.1 Å². The van der Waals surface area contributed by atoms with Crippen molar-refractivity contribution in [3.8, 4) is 119 Å². The van der Waals surface area contributed by atoms with E-state index in [2.05, 4.69) is 198 Å². The molecule has 0 atom stereocenters. The van der Waals surface area contributed by atoms with Gasteiger partial charge in [-0.15, -0.1) is 11.3 Å². The maximum absolute atomic E-state index is 9.77. The van der Waals surface area contributed by atoms with Gasteiger partial charge in [0, 0.05) is 70.7 Å². The van der Waals surface area contributed by atoms with Gasteiger partial charge >= 0.3 is 0 Å². The lowest BCUT2D eigenvalue weighted by Crippen LogP contribution is -2.55. The van der Waals surface area contributed by atoms with E-state index in [0.29, 0.717) is 69.6 Å². The zero-order valence-corrected chi connectivity index (χ0v) is 54.7. The molecule has 18 rings (SSSR count). The van der Waals surface area contributed by atoms with Crippen LogP contribution in [-0.4, -0.2) is 39.9 Å². The van der Waals surface area contributed by atoms with Crippen molar-refractivity contribution in [2.75, 3.05) is 0 Å². The van der Waals surface area contributed by atoms with E-state index >= 15 is 0 Å². The molecular formula is C84H66N10S. The van der Waals surface area contributed by atoms with Crippen LogP contribution in [0.5, 0.6) is 0 Å². The molecule has 0 unspecified atom stereocenters. The highest BCUT2D eigenvalue weighted by Gasteiger charge is 2.61. The number of hydrogen-bond donors (Lipinski definition) is 0. The Balaban J connectivity index is 0.806. The van der Waals surface area contributed by atoms with Gasteiger partial charge in [-0.05, 0) is 171 Å². The van der Waals surface area contributed by atoms with Crippen LogP contribution in [0.4, 0.5) is 5.69 Å². The molecule has 4 aromatic heterocycles. The van der Waals surface area contributed by atoms with E-state index in [-0.39, 0.29) is 16.2 Å². The van der Waals surface area contributed by atoms with Gasteiger partial charge in [0.1, 0.15) is 5.69 Å². The minimum absolute atomic E-state index is 0.0172. The molecule has 0 aliphatic heterocycles. The van der Waals surface area contributed by atoms with E-state index in [0.717, 1.165) is 61.9 Å². The molecule has 5 aliphatic carbocycles. The van der Waals surface area contributed by atoms with Crippen LogP contribution >= 0.6 is 11.3 Å². The molecule has 0 radical (unpaired) electrons. The van der Waals surface area contributed by atoms with E-state index in [1.807, 2.05) is 60.0 Å². The predicted octanol–water partition coefficient (Wildman–Crippen LogP) is 21.0. The molecule has 4 saturated carbocycles. The highest BCUT2D eigenvalue weighted by molar-refractivity contribution is 7.26. The quantitative estimate of drug-likeness (QED) is 0.130. The number of nitriles is 1. The second-order valence-corrected chi connectivity index (χ2v) is 29.7. The molecule has 0 amide bonds. The van der Waals surface area contributed by atoms with Gasteiger partial charge in [0.2, 0.25) is 0 Å². The van der Waals surface area contributed by atoms with Crippen LogP contribution in [-0.2, 0) is 16.2 Å². The lowest BCUT2D eigenvalue weighted by Gasteiger charge is -2.61. The van der Waals surface area contributed by atoms with Crippen molar-refractivity contribution < 1.29 is 0 Å². The van der Waals surface area contributed by atoms with Crippen molar-refractivity contribution in [3.05, 3.63) is 246 Å². The molecule has 0 saturated heterocycles. The van der Waals surface area contributed by atoms with Crippen molar-refractivity contribution in [2.45, 2.75) is 89.9 Å². The van der Waals surface area contributed by atoms with Crippen molar-refractivity contribution in [3.63, 3.8) is 0 Å². The molecule has 1 spiro atoms. The molecule has 13 aromatic rings. The second kappa shape index (κ2) is 22.2. The largest absolute Gasteiger partial charge is 0.238 e. The summed E-state index contributed by atoms with van der Waals surface area (Å²) in [6.07, 6.45) is 8.08. The number of thiophene rings is 1. The number of benzene rings is 9. The summed E-state index contributed by atoms with van der Waals surface area (Å²) in [7, 11) is 0. The highest BCUT2D eigenvalue weighted by atomic mass is 32.1. The summed E-state index contributed by atoms with van der Waals surface area (Å²) in [4.78, 5) is 45.0. The Morgan fingerprint density at radius 1 is 0.432 bits per heavy atom. The van der Waals surface area contributed by atoms with E-state index in [9.17, 15) is 5.26 Å². The van der Waals surface area contributed by atoms with Crippen LogP contribution in [0, 0.1) is 41.6 Å². The Hall–Kier alpha value is -10.7. The van der Waals surface area contributed by atoms with Gasteiger partial charge in [-0.3, -0.25) is 0 Å². The summed E-state index contributed by atoms with van der Waals surface area (Å²) in [6, 6.07) is 72.8. The molecular weight excluding hydrogens is 1180 g/mol. The van der Waals surface area contributed by atoms with Crippen LogP contribution in [0.2, 0.25) is 0 Å². The number of rotatable bonds is 9. The SMILES string of the molecule is [C-]#[N+]c1ccc(-c2nc(-c3ccc(C(C)(C)C)cc3)nc(-c3ccnc(-c4ccc5c(c4)C4(c6cc(-c7ccc(-c8nc(-c9ccc(C#N)cc9)nc(-c9ccc(C(C)(C)C)cc9)n8)cc7-c7cccc8c7sc7ccccc78)ccc6-5)C5CC6CC(C5)CC4C6)n3)n2)cc1. The molecule has 0 N–H and O–H groups in total. The van der Waals surface area contributed by atoms with Crippen molar-refractivity contribution in [2.24, 2.45) is 23.7 Å². The van der Waals surface area contributed by atoms with Gasteiger partial charge in [-0.2, -0.15) is 5.26 Å². The first-order valence-electron chi connectivity index (χ1n) is 33.0. The molecule has 4 bridgehead atoms. The Kier molecular flexibility index (Phi) is 13.6. The molecule has 9 aromatic carbocycles. The van der Waals surface area contributed by atoms with Crippen LogP contribution in [0.25, 0.3) is 138 Å². The molecule has 4 heterocycles. The third-order valence-corrected chi connectivity index (χ3v) is 22.1. The van der Waals surface area contributed by atoms with Crippen molar-refractivity contribution >= 4 is 37.2 Å². The lowest BCUT2D eigenvalue weighted by molar-refractivity contribution is -0.0399. The maximum Gasteiger partial charge on any atom is 0.187 e. The van der Waals surface area contributed by atoms with Gasteiger partial charge in [-0.1, -0.05) is 187 Å². The molecule has 458 valence electrons. The first-order chi connectivity index (χ1) is 46.1. The molecule has 5 aliphatic rings. The zero-order valence-electron chi connectivity index (χ0n) is 53.9. The standard InChI is InChI=1S/C84H66N10S/c1-82(2,3)58-28-19-52(20-29-58)77-89-76(51-17-15-48(47-85)16-18-51)91-80(92-77)56-26-34-63(69(44-56)68-13-10-12-67-66-11-8-9-14-73(66)95-74(67)68)55-25-35-64-65-36-27-57(46-71(65)84(70(64)45-55)60-40-49-39-50(42-60)43-61(84)41-49)75-87-38-37-72(88-75)81-93-78(53-21-30-59(31-22-53)83(4,5)6)90-79(94-81)54-23-32-62(86-7)33-24-54/h8-38,44-46,49-50,60-61H,39-43H2,1-6H3. The zero-order chi connectivity index (χ0) is 64.5. The predicted molar refractivity (Wildman–Crippen MR) is 382 cm³/mol. The molecule has 4 fully saturated rings. The third kappa shape index (κ3) is 9.94. The van der Waals surface area contributed by atoms with E-state index in [4.69, 9.17) is 46.4 Å². The highest BCUT2D eigenvalue weighted by Crippen LogP contribution is 2.70. The normalized spacial score (nSPS) is 18.4. The summed E-state index contributed by atoms with van der Waals surface area (Å²) in [5, 5.41) is 12.3. The summed E-state index contributed by atoms with van der Waals surface area (Å²) < 4.78 is 2.49. The van der Waals surface area contributed by atoms with E-state index in [1.165, 1.54) is 91.2 Å². The smallest absolute Gasteiger partial charge is 0.187 e. The minimum atomic E-state index is -0.204. The Bertz CT molecular complexity index is 5320. The maximum atomic E-state index is 9.77. The van der Waals surface area contributed by atoms with Crippen molar-refractivity contribution in [1.82, 2.24) is 39.9 Å². The van der Waals surface area contributed by atoms with Gasteiger partial charge in [-0.25, -0.2) is 44.7 Å². The van der Waals surface area contributed by atoms with Gasteiger partial charge < -0.3 is 0 Å². The fourth-order valence-corrected chi connectivity index (χ4v) is 17.6. The molecule has 95 heavy (non-hydrogen) atoms. The second-order valence-electron chi connectivity index (χ2n) is 28.6. The first-order valence-corrected chi connectivity index (χ1v) is 33.9. The first kappa shape index (κ1) is 58.1. The fourth-order valence-electron chi connectivity index (χ4n) is 16.4. The summed E-state index contributed by atoms with van der Waals surface area (Å²) in [6.45, 7) is 20.9. The molecule has 11 heteroatoms. The van der Waals surface area contributed by atoms with Gasteiger partial charge in [0.25, 0.3) is 0 Å². The third-order valence-electron chi connectivity index (χ3n) is 20.9. The minimum Gasteiger partial charge on any atom is -0.238 e. The topological polar surface area (TPSA) is 131 Å². The number of fused-ring (bicyclic) bond motifs is 6. The Morgan fingerprint density at radius 3 is 1.46 bits per heavy atom. The summed E-state index contributed by atoms with van der Waals surface area (Å²) in [5.41, 5.74) is 19.2. The average molecular weight is 1250 g/mol. The van der Waals surface area contributed by atoms with E-state index < -0.39 is 0 Å². The average Bonchev–Trinajstić information content (AvgIpc) is 1.54. The monoisotopic (exact) mass is 1250 g/mol. The van der Waals surface area contributed by atoms with Gasteiger partial charge in [0.15, 0.2) is 46.5 Å². The molecule has 10 nitrogen and oxygen atoms in total. The van der Waals surface area contributed by atoms with Crippen LogP contribution in [0.3, 0.4) is 0 Å².